The molecule has 1 heterocycles. The summed E-state index contributed by atoms with van der Waals surface area (Å²) in [5.41, 5.74) is 0. The number of carboxylic acid groups (broad SMARTS) is 1. The lowest BCUT2D eigenvalue weighted by Gasteiger charge is -2.12. The Morgan fingerprint density at radius 1 is 1.55 bits per heavy atom. The topological polar surface area (TPSA) is 61.4 Å². The maximum Gasteiger partial charge on any atom is 0.304 e. The number of hydrogen-bond acceptors (Lipinski definition) is 3. The lowest BCUT2D eigenvalue weighted by Crippen LogP contribution is -2.36. The van der Waals surface area contributed by atoms with Crippen molar-refractivity contribution in [1.82, 2.24) is 10.6 Å². The van der Waals surface area contributed by atoms with Gasteiger partial charge in [-0.15, -0.1) is 0 Å². The molecule has 1 saturated heterocycles. The summed E-state index contributed by atoms with van der Waals surface area (Å²) in [7, 11) is 0. The Hall–Kier alpha value is -0.610. The van der Waals surface area contributed by atoms with Crippen molar-refractivity contribution in [2.24, 2.45) is 0 Å². The molecule has 0 spiro atoms. The second-order valence-electron chi connectivity index (χ2n) is 2.81. The molecule has 0 saturated carbocycles. The second kappa shape index (κ2) is 4.31. The Morgan fingerprint density at radius 2 is 2.36 bits per heavy atom. The first kappa shape index (κ1) is 8.49. The molecule has 1 unspecified atom stereocenters. The van der Waals surface area contributed by atoms with Crippen LogP contribution in [-0.4, -0.2) is 36.8 Å². The molecule has 4 nitrogen and oxygen atoms in total. The van der Waals surface area contributed by atoms with Crippen LogP contribution in [0.2, 0.25) is 0 Å². The van der Waals surface area contributed by atoms with E-state index in [2.05, 4.69) is 10.6 Å². The summed E-state index contributed by atoms with van der Waals surface area (Å²) >= 11 is 0. The molecule has 0 aliphatic carbocycles. The van der Waals surface area contributed by atoms with Crippen LogP contribution in [0.4, 0.5) is 0 Å². The van der Waals surface area contributed by atoms with Crippen molar-refractivity contribution in [2.45, 2.75) is 18.9 Å². The Morgan fingerprint density at radius 3 is 3.09 bits per heavy atom. The van der Waals surface area contributed by atoms with E-state index in [4.69, 9.17) is 5.11 Å². The fourth-order valence-electron chi connectivity index (χ4n) is 1.22. The van der Waals surface area contributed by atoms with Crippen LogP contribution in [0, 0.1) is 0 Å². The van der Waals surface area contributed by atoms with E-state index in [0.717, 1.165) is 26.1 Å². The van der Waals surface area contributed by atoms with Crippen LogP contribution >= 0.6 is 0 Å². The first-order chi connectivity index (χ1) is 5.29. The second-order valence-corrected chi connectivity index (χ2v) is 2.81. The quantitative estimate of drug-likeness (QED) is 0.503. The van der Waals surface area contributed by atoms with Gasteiger partial charge >= 0.3 is 5.97 Å². The molecule has 0 aromatic carbocycles. The van der Waals surface area contributed by atoms with E-state index >= 15 is 0 Å². The zero-order valence-corrected chi connectivity index (χ0v) is 6.47. The predicted octanol–water partition coefficient (Wildman–Crippen LogP) is -0.587. The number of carboxylic acids is 1. The molecule has 0 aromatic rings. The van der Waals surface area contributed by atoms with E-state index in [-0.39, 0.29) is 12.5 Å². The zero-order valence-electron chi connectivity index (χ0n) is 6.47. The van der Waals surface area contributed by atoms with E-state index in [1.807, 2.05) is 0 Å². The predicted molar refractivity (Wildman–Crippen MR) is 41.5 cm³/mol. The van der Waals surface area contributed by atoms with Crippen molar-refractivity contribution in [3.8, 4) is 0 Å². The van der Waals surface area contributed by atoms with Gasteiger partial charge in [0.2, 0.25) is 0 Å². The molecular weight excluding hydrogens is 144 g/mol. The maximum absolute atomic E-state index is 10.3. The average molecular weight is 158 g/mol. The number of nitrogens with one attached hydrogen (secondary N) is 2. The molecule has 64 valence electrons. The van der Waals surface area contributed by atoms with E-state index in [1.54, 1.807) is 0 Å². The summed E-state index contributed by atoms with van der Waals surface area (Å²) in [5, 5.41) is 14.8. The third kappa shape index (κ3) is 3.34. The summed E-state index contributed by atoms with van der Waals surface area (Å²) in [4.78, 5) is 10.3. The van der Waals surface area contributed by atoms with Crippen molar-refractivity contribution in [3.05, 3.63) is 0 Å². The van der Waals surface area contributed by atoms with Gasteiger partial charge < -0.3 is 15.7 Å². The largest absolute Gasteiger partial charge is 0.481 e. The van der Waals surface area contributed by atoms with Gasteiger partial charge in [0, 0.05) is 12.6 Å². The van der Waals surface area contributed by atoms with E-state index in [9.17, 15) is 4.79 Å². The molecule has 0 radical (unpaired) electrons. The highest BCUT2D eigenvalue weighted by Crippen LogP contribution is 1.94. The summed E-state index contributed by atoms with van der Waals surface area (Å²) < 4.78 is 0. The normalized spacial score (nSPS) is 26.0. The molecule has 4 heteroatoms. The van der Waals surface area contributed by atoms with Crippen LogP contribution in [0.1, 0.15) is 12.8 Å². The Labute approximate surface area is 66.0 Å². The molecule has 3 N–H and O–H groups in total. The molecule has 0 bridgehead atoms. The standard InChI is InChI=1S/C7H14N2O2/c10-7(11)4-6-5-8-2-1-3-9-6/h6,8-9H,1-5H2,(H,10,11). The van der Waals surface area contributed by atoms with Gasteiger partial charge in [-0.1, -0.05) is 0 Å². The summed E-state index contributed by atoms with van der Waals surface area (Å²) in [6.45, 7) is 2.68. The first-order valence-electron chi connectivity index (χ1n) is 3.95. The number of carbonyl (C=O) groups is 1. The Balaban J connectivity index is 2.25. The lowest BCUT2D eigenvalue weighted by atomic mass is 10.2. The Bertz CT molecular complexity index is 130. The third-order valence-electron chi connectivity index (χ3n) is 1.78. The van der Waals surface area contributed by atoms with Crippen LogP contribution < -0.4 is 10.6 Å². The zero-order chi connectivity index (χ0) is 8.10. The smallest absolute Gasteiger partial charge is 0.304 e. The van der Waals surface area contributed by atoms with Crippen LogP contribution in [0.3, 0.4) is 0 Å². The van der Waals surface area contributed by atoms with Crippen LogP contribution in [-0.2, 0) is 4.79 Å². The molecular formula is C7H14N2O2. The summed E-state index contributed by atoms with van der Waals surface area (Å²) in [6.07, 6.45) is 1.29. The van der Waals surface area contributed by atoms with Gasteiger partial charge in [-0.05, 0) is 19.5 Å². The highest BCUT2D eigenvalue weighted by atomic mass is 16.4. The molecule has 0 amide bonds. The fraction of sp³-hybridized carbons (Fsp3) is 0.857. The number of aliphatic carboxylic acids is 1. The molecule has 1 rings (SSSR count). The van der Waals surface area contributed by atoms with Crippen molar-refractivity contribution in [1.29, 1.82) is 0 Å². The number of rotatable bonds is 2. The van der Waals surface area contributed by atoms with Crippen molar-refractivity contribution >= 4 is 5.97 Å². The summed E-state index contributed by atoms with van der Waals surface area (Å²) in [6, 6.07) is 0.106. The van der Waals surface area contributed by atoms with Crippen molar-refractivity contribution in [3.63, 3.8) is 0 Å². The highest BCUT2D eigenvalue weighted by molar-refractivity contribution is 5.67. The average Bonchev–Trinajstić information content (AvgIpc) is 2.14. The van der Waals surface area contributed by atoms with Gasteiger partial charge in [0.15, 0.2) is 0 Å². The van der Waals surface area contributed by atoms with Crippen molar-refractivity contribution < 1.29 is 9.90 Å². The minimum atomic E-state index is -0.730. The van der Waals surface area contributed by atoms with Gasteiger partial charge in [0.05, 0.1) is 6.42 Å². The minimum Gasteiger partial charge on any atom is -0.481 e. The summed E-state index contributed by atoms with van der Waals surface area (Å²) in [5.74, 6) is -0.730. The monoisotopic (exact) mass is 158 g/mol. The van der Waals surface area contributed by atoms with Crippen LogP contribution in [0.15, 0.2) is 0 Å². The van der Waals surface area contributed by atoms with Gasteiger partial charge in [0.25, 0.3) is 0 Å². The van der Waals surface area contributed by atoms with Gasteiger partial charge in [0.1, 0.15) is 0 Å². The molecule has 1 aliphatic rings. The van der Waals surface area contributed by atoms with E-state index in [0.29, 0.717) is 0 Å². The van der Waals surface area contributed by atoms with Gasteiger partial charge in [-0.2, -0.15) is 0 Å². The molecule has 11 heavy (non-hydrogen) atoms. The highest BCUT2D eigenvalue weighted by Gasteiger charge is 2.13. The lowest BCUT2D eigenvalue weighted by molar-refractivity contribution is -0.137. The van der Waals surface area contributed by atoms with Gasteiger partial charge in [-0.3, -0.25) is 4.79 Å². The molecule has 1 atom stereocenters. The fourth-order valence-corrected chi connectivity index (χ4v) is 1.22. The molecule has 0 aromatic heterocycles. The minimum absolute atomic E-state index is 0.106. The third-order valence-corrected chi connectivity index (χ3v) is 1.78. The van der Waals surface area contributed by atoms with Crippen LogP contribution in [0.25, 0.3) is 0 Å². The maximum atomic E-state index is 10.3. The molecule has 1 fully saturated rings. The van der Waals surface area contributed by atoms with Crippen molar-refractivity contribution in [2.75, 3.05) is 19.6 Å². The van der Waals surface area contributed by atoms with Crippen LogP contribution in [0.5, 0.6) is 0 Å². The van der Waals surface area contributed by atoms with E-state index in [1.165, 1.54) is 0 Å². The van der Waals surface area contributed by atoms with Gasteiger partial charge in [-0.25, -0.2) is 0 Å². The SMILES string of the molecule is O=C(O)CC1CNCCCN1. The molecule has 1 aliphatic heterocycles. The first-order valence-corrected chi connectivity index (χ1v) is 3.95. The Kier molecular flexibility index (Phi) is 3.32. The van der Waals surface area contributed by atoms with E-state index < -0.39 is 5.97 Å². The number of hydrogen-bond donors (Lipinski definition) is 3.